The maximum absolute atomic E-state index is 5.64. The molecule has 0 unspecified atom stereocenters. The molecule has 0 radical (unpaired) electrons. The molecule has 0 amide bonds. The Hall–Kier alpha value is -0.530. The Morgan fingerprint density at radius 1 is 1.12 bits per heavy atom. The highest BCUT2D eigenvalue weighted by Crippen LogP contribution is 2.22. The van der Waals surface area contributed by atoms with Crippen molar-refractivity contribution in [2.24, 2.45) is 0 Å². The van der Waals surface area contributed by atoms with E-state index in [-0.39, 0.29) is 0 Å². The lowest BCUT2D eigenvalue weighted by Gasteiger charge is -2.16. The molecule has 0 heterocycles. The van der Waals surface area contributed by atoms with Gasteiger partial charge in [0.1, 0.15) is 0 Å². The molecule has 1 aliphatic rings. The maximum Gasteiger partial charge on any atom is 0.0235 e. The summed E-state index contributed by atoms with van der Waals surface area (Å²) in [7, 11) is 0. The number of benzene rings is 1. The van der Waals surface area contributed by atoms with Gasteiger partial charge in [-0.05, 0) is 55.3 Å². The molecule has 2 heteroatoms. The zero-order valence-corrected chi connectivity index (χ0v) is 10.5. The second kappa shape index (κ2) is 6.27. The van der Waals surface area contributed by atoms with Gasteiger partial charge < -0.3 is 5.32 Å². The Kier molecular flexibility index (Phi) is 4.68. The molecule has 1 aliphatic carbocycles. The van der Waals surface area contributed by atoms with E-state index >= 15 is 0 Å². The number of halogens is 1. The van der Waals surface area contributed by atoms with Crippen molar-refractivity contribution in [1.82, 2.24) is 5.32 Å². The van der Waals surface area contributed by atoms with Crippen molar-refractivity contribution in [2.75, 3.05) is 12.4 Å². The Balaban J connectivity index is 1.90. The second-order valence-electron chi connectivity index (χ2n) is 4.53. The number of alkyl halides is 1. The van der Waals surface area contributed by atoms with Crippen LogP contribution < -0.4 is 5.32 Å². The van der Waals surface area contributed by atoms with Gasteiger partial charge in [0.2, 0.25) is 0 Å². The fraction of sp³-hybridized carbons (Fsp3) is 0.571. The molecule has 0 atom stereocenters. The topological polar surface area (TPSA) is 12.0 Å². The first-order valence-electron chi connectivity index (χ1n) is 6.27. The van der Waals surface area contributed by atoms with E-state index in [4.69, 9.17) is 11.6 Å². The van der Waals surface area contributed by atoms with Crippen LogP contribution in [0, 0.1) is 0 Å². The summed E-state index contributed by atoms with van der Waals surface area (Å²) < 4.78 is 0. The average molecular weight is 238 g/mol. The molecule has 16 heavy (non-hydrogen) atoms. The van der Waals surface area contributed by atoms with Crippen LogP contribution in [-0.2, 0) is 19.4 Å². The van der Waals surface area contributed by atoms with E-state index in [2.05, 4.69) is 23.5 Å². The van der Waals surface area contributed by atoms with Gasteiger partial charge in [-0.25, -0.2) is 0 Å². The third kappa shape index (κ3) is 3.23. The van der Waals surface area contributed by atoms with Gasteiger partial charge in [-0.3, -0.25) is 0 Å². The van der Waals surface area contributed by atoms with Crippen molar-refractivity contribution in [3.05, 3.63) is 34.9 Å². The Labute approximate surface area is 103 Å². The summed E-state index contributed by atoms with van der Waals surface area (Å²) in [4.78, 5) is 0. The first-order chi connectivity index (χ1) is 7.90. The molecule has 1 aromatic carbocycles. The van der Waals surface area contributed by atoms with E-state index in [1.807, 2.05) is 0 Å². The van der Waals surface area contributed by atoms with Crippen LogP contribution in [0.25, 0.3) is 0 Å². The lowest BCUT2D eigenvalue weighted by atomic mass is 9.90. The minimum absolute atomic E-state index is 0.747. The molecule has 0 spiro atoms. The zero-order chi connectivity index (χ0) is 11.2. The molecule has 0 saturated carbocycles. The van der Waals surface area contributed by atoms with Crippen LogP contribution in [-0.4, -0.2) is 12.4 Å². The van der Waals surface area contributed by atoms with E-state index in [0.29, 0.717) is 0 Å². The summed E-state index contributed by atoms with van der Waals surface area (Å²) in [5, 5.41) is 3.42. The normalized spacial score (nSPS) is 14.8. The highest BCUT2D eigenvalue weighted by Gasteiger charge is 2.08. The van der Waals surface area contributed by atoms with Crippen LogP contribution in [0.2, 0.25) is 0 Å². The van der Waals surface area contributed by atoms with Crippen LogP contribution >= 0.6 is 11.6 Å². The molecule has 0 saturated heterocycles. The summed E-state index contributed by atoms with van der Waals surface area (Å²) in [5.74, 6) is 0.747. The van der Waals surface area contributed by atoms with Gasteiger partial charge in [0.25, 0.3) is 0 Å². The third-order valence-electron chi connectivity index (χ3n) is 3.23. The van der Waals surface area contributed by atoms with E-state index in [0.717, 1.165) is 25.4 Å². The van der Waals surface area contributed by atoms with Crippen LogP contribution in [0.5, 0.6) is 0 Å². The fourth-order valence-corrected chi connectivity index (χ4v) is 2.45. The van der Waals surface area contributed by atoms with Crippen LogP contribution in [0.4, 0.5) is 0 Å². The predicted molar refractivity (Wildman–Crippen MR) is 70.1 cm³/mol. The summed E-state index contributed by atoms with van der Waals surface area (Å²) >= 11 is 5.64. The van der Waals surface area contributed by atoms with Crippen LogP contribution in [0.15, 0.2) is 18.2 Å². The number of rotatable bonds is 5. The van der Waals surface area contributed by atoms with E-state index in [1.54, 1.807) is 11.1 Å². The van der Waals surface area contributed by atoms with Gasteiger partial charge in [0.15, 0.2) is 0 Å². The smallest absolute Gasteiger partial charge is 0.0235 e. The largest absolute Gasteiger partial charge is 0.313 e. The van der Waals surface area contributed by atoms with E-state index in [9.17, 15) is 0 Å². The van der Waals surface area contributed by atoms with Gasteiger partial charge in [0, 0.05) is 12.4 Å². The molecular formula is C14H20ClN. The lowest BCUT2D eigenvalue weighted by molar-refractivity contribution is 0.666. The first-order valence-corrected chi connectivity index (χ1v) is 6.81. The summed E-state index contributed by atoms with van der Waals surface area (Å²) in [6, 6.07) is 6.95. The van der Waals surface area contributed by atoms with Gasteiger partial charge >= 0.3 is 0 Å². The standard InChI is InChI=1S/C14H20ClN/c15-8-3-9-16-11-12-6-7-13-4-1-2-5-14(13)10-12/h6-7,10,16H,1-5,8-9,11H2. The predicted octanol–water partition coefficient (Wildman–Crippen LogP) is 3.28. The first kappa shape index (κ1) is 11.9. The second-order valence-corrected chi connectivity index (χ2v) is 4.91. The number of hydrogen-bond donors (Lipinski definition) is 1. The van der Waals surface area contributed by atoms with Crippen molar-refractivity contribution < 1.29 is 0 Å². The molecule has 88 valence electrons. The SMILES string of the molecule is ClCCCNCc1ccc2c(c1)CCCC2. The quantitative estimate of drug-likeness (QED) is 0.612. The van der Waals surface area contributed by atoms with E-state index in [1.165, 1.54) is 31.2 Å². The van der Waals surface area contributed by atoms with Crippen molar-refractivity contribution in [3.8, 4) is 0 Å². The fourth-order valence-electron chi connectivity index (χ4n) is 2.32. The van der Waals surface area contributed by atoms with Gasteiger partial charge in [-0.15, -0.1) is 11.6 Å². The lowest BCUT2D eigenvalue weighted by Crippen LogP contribution is -2.15. The van der Waals surface area contributed by atoms with Gasteiger partial charge in [-0.1, -0.05) is 18.2 Å². The summed E-state index contributed by atoms with van der Waals surface area (Å²) in [6.45, 7) is 1.99. The maximum atomic E-state index is 5.64. The van der Waals surface area contributed by atoms with Crippen molar-refractivity contribution in [3.63, 3.8) is 0 Å². The summed E-state index contributed by atoms with van der Waals surface area (Å²) in [6.07, 6.45) is 6.31. The van der Waals surface area contributed by atoms with Crippen molar-refractivity contribution in [1.29, 1.82) is 0 Å². The highest BCUT2D eigenvalue weighted by molar-refractivity contribution is 6.17. The monoisotopic (exact) mass is 237 g/mol. The highest BCUT2D eigenvalue weighted by atomic mass is 35.5. The molecule has 0 fully saturated rings. The molecule has 2 rings (SSSR count). The molecule has 1 N–H and O–H groups in total. The minimum atomic E-state index is 0.747. The number of hydrogen-bond acceptors (Lipinski definition) is 1. The van der Waals surface area contributed by atoms with Crippen molar-refractivity contribution >= 4 is 11.6 Å². The molecule has 1 nitrogen and oxygen atoms in total. The number of nitrogens with one attached hydrogen (secondary N) is 1. The molecule has 0 aromatic heterocycles. The van der Waals surface area contributed by atoms with Gasteiger partial charge in [0.05, 0.1) is 0 Å². The molecule has 0 bridgehead atoms. The number of aryl methyl sites for hydroxylation is 2. The Morgan fingerprint density at radius 3 is 2.75 bits per heavy atom. The number of fused-ring (bicyclic) bond motifs is 1. The summed E-state index contributed by atoms with van der Waals surface area (Å²) in [5.41, 5.74) is 4.55. The molecule has 1 aromatic rings. The van der Waals surface area contributed by atoms with Crippen LogP contribution in [0.3, 0.4) is 0 Å². The van der Waals surface area contributed by atoms with Crippen LogP contribution in [0.1, 0.15) is 36.0 Å². The minimum Gasteiger partial charge on any atom is -0.313 e. The molecular weight excluding hydrogens is 218 g/mol. The van der Waals surface area contributed by atoms with E-state index < -0.39 is 0 Å². The Bertz CT molecular complexity index is 336. The van der Waals surface area contributed by atoms with Crippen molar-refractivity contribution in [2.45, 2.75) is 38.6 Å². The van der Waals surface area contributed by atoms with Gasteiger partial charge in [-0.2, -0.15) is 0 Å². The third-order valence-corrected chi connectivity index (χ3v) is 3.50. The average Bonchev–Trinajstić information content (AvgIpc) is 2.34. The molecule has 0 aliphatic heterocycles. The zero-order valence-electron chi connectivity index (χ0n) is 9.77. The Morgan fingerprint density at radius 2 is 1.94 bits per heavy atom.